The summed E-state index contributed by atoms with van der Waals surface area (Å²) in [6, 6.07) is 6.86. The van der Waals surface area contributed by atoms with Gasteiger partial charge >= 0.3 is 0 Å². The topological polar surface area (TPSA) is 18.5 Å². The number of benzene rings is 1. The van der Waals surface area contributed by atoms with Crippen molar-refractivity contribution < 1.29 is 9.47 Å². The highest BCUT2D eigenvalue weighted by Gasteiger charge is 2.07. The molecule has 0 heterocycles. The van der Waals surface area contributed by atoms with Crippen LogP contribution >= 0.6 is 15.9 Å². The molecule has 0 aliphatic carbocycles. The molecule has 0 atom stereocenters. The summed E-state index contributed by atoms with van der Waals surface area (Å²) in [6.07, 6.45) is 0.279. The number of rotatable bonds is 4. The third kappa shape index (κ3) is 4.12. The van der Waals surface area contributed by atoms with Gasteiger partial charge in [0, 0.05) is 0 Å². The van der Waals surface area contributed by atoms with Crippen LogP contribution in [0.3, 0.4) is 0 Å². The highest BCUT2D eigenvalue weighted by atomic mass is 79.9. The van der Waals surface area contributed by atoms with Crippen molar-refractivity contribution in [1.82, 2.24) is 0 Å². The Bertz CT molecular complexity index is 321. The van der Waals surface area contributed by atoms with E-state index in [0.717, 1.165) is 4.47 Å². The number of halogens is 1. The fourth-order valence-corrected chi connectivity index (χ4v) is 1.41. The van der Waals surface area contributed by atoms with Crippen LogP contribution in [0.25, 0.3) is 0 Å². The first-order valence-electron chi connectivity index (χ1n) is 5.04. The number of hydrogen-bond acceptors (Lipinski definition) is 2. The molecule has 0 aliphatic rings. The quantitative estimate of drug-likeness (QED) is 0.829. The van der Waals surface area contributed by atoms with Crippen LogP contribution in [0.2, 0.25) is 0 Å². The van der Waals surface area contributed by atoms with E-state index in [0.29, 0.717) is 11.5 Å². The molecule has 0 aliphatic heterocycles. The first-order valence-corrected chi connectivity index (χ1v) is 5.83. The van der Waals surface area contributed by atoms with Crippen molar-refractivity contribution in [2.45, 2.75) is 39.9 Å². The Morgan fingerprint density at radius 1 is 1.07 bits per heavy atom. The lowest BCUT2D eigenvalue weighted by Gasteiger charge is -2.14. The summed E-state index contributed by atoms with van der Waals surface area (Å²) >= 11 is 3.41. The Balaban J connectivity index is 2.85. The number of ether oxygens (including phenoxy) is 2. The van der Waals surface area contributed by atoms with Crippen molar-refractivity contribution in [3.63, 3.8) is 0 Å². The average Bonchev–Trinajstić information content (AvgIpc) is 2.09. The van der Waals surface area contributed by atoms with Gasteiger partial charge in [-0.15, -0.1) is 0 Å². The zero-order chi connectivity index (χ0) is 11.4. The van der Waals surface area contributed by atoms with Crippen LogP contribution in [0.5, 0.6) is 11.5 Å². The van der Waals surface area contributed by atoms with Gasteiger partial charge in [-0.2, -0.15) is 0 Å². The van der Waals surface area contributed by atoms with Gasteiger partial charge < -0.3 is 9.47 Å². The lowest BCUT2D eigenvalue weighted by molar-refractivity contribution is 0.227. The summed E-state index contributed by atoms with van der Waals surface area (Å²) in [5.41, 5.74) is 0. The summed E-state index contributed by atoms with van der Waals surface area (Å²) in [5.74, 6) is 1.41. The second-order valence-corrected chi connectivity index (χ2v) is 4.69. The maximum atomic E-state index is 5.58. The maximum Gasteiger partial charge on any atom is 0.145 e. The van der Waals surface area contributed by atoms with E-state index >= 15 is 0 Å². The van der Waals surface area contributed by atoms with Crippen molar-refractivity contribution >= 4 is 15.9 Å². The SMILES string of the molecule is CC(C)Oc1[c]c(OC(C)C)c(Br)cc1. The predicted octanol–water partition coefficient (Wildman–Crippen LogP) is 3.82. The van der Waals surface area contributed by atoms with Crippen LogP contribution in [0, 0.1) is 6.07 Å². The van der Waals surface area contributed by atoms with Crippen LogP contribution in [0.15, 0.2) is 16.6 Å². The van der Waals surface area contributed by atoms with Gasteiger partial charge in [0.05, 0.1) is 22.7 Å². The molecule has 0 aromatic heterocycles. The van der Waals surface area contributed by atoms with Gasteiger partial charge in [0.25, 0.3) is 0 Å². The molecule has 0 unspecified atom stereocenters. The minimum atomic E-state index is 0.131. The van der Waals surface area contributed by atoms with Crippen molar-refractivity contribution in [1.29, 1.82) is 0 Å². The van der Waals surface area contributed by atoms with Gasteiger partial charge in [-0.3, -0.25) is 0 Å². The smallest absolute Gasteiger partial charge is 0.145 e. The fourth-order valence-electron chi connectivity index (χ4n) is 1.08. The van der Waals surface area contributed by atoms with E-state index in [2.05, 4.69) is 22.0 Å². The monoisotopic (exact) mass is 271 g/mol. The van der Waals surface area contributed by atoms with E-state index in [9.17, 15) is 0 Å². The summed E-state index contributed by atoms with van der Waals surface area (Å²) in [7, 11) is 0. The molecule has 1 aromatic carbocycles. The average molecular weight is 272 g/mol. The van der Waals surface area contributed by atoms with Crippen LogP contribution in [-0.4, -0.2) is 12.2 Å². The molecule has 0 spiro atoms. The Labute approximate surface area is 99.7 Å². The third-order valence-electron chi connectivity index (χ3n) is 1.55. The van der Waals surface area contributed by atoms with E-state index in [4.69, 9.17) is 9.47 Å². The summed E-state index contributed by atoms with van der Waals surface area (Å²) in [5, 5.41) is 0. The minimum absolute atomic E-state index is 0.131. The van der Waals surface area contributed by atoms with Crippen molar-refractivity contribution in [2.75, 3.05) is 0 Å². The predicted molar refractivity (Wildman–Crippen MR) is 64.5 cm³/mol. The molecule has 0 bridgehead atoms. The van der Waals surface area contributed by atoms with Gasteiger partial charge in [0.15, 0.2) is 0 Å². The van der Waals surface area contributed by atoms with E-state index in [1.54, 1.807) is 0 Å². The Hall–Kier alpha value is -0.700. The molecule has 1 radical (unpaired) electrons. The molecule has 0 saturated carbocycles. The van der Waals surface area contributed by atoms with Crippen LogP contribution in [-0.2, 0) is 0 Å². The first kappa shape index (κ1) is 12.4. The fraction of sp³-hybridized carbons (Fsp3) is 0.500. The molecule has 3 heteroatoms. The Morgan fingerprint density at radius 2 is 1.67 bits per heavy atom. The second kappa shape index (κ2) is 5.40. The van der Waals surface area contributed by atoms with Crippen molar-refractivity contribution in [3.05, 3.63) is 22.7 Å². The molecule has 1 aromatic rings. The standard InChI is InChI=1S/C12H16BrO2/c1-8(2)14-10-5-6-11(13)12(7-10)15-9(3)4/h5-6,8-9H,1-4H3. The summed E-state index contributed by atoms with van der Waals surface area (Å²) in [6.45, 7) is 7.93. The van der Waals surface area contributed by atoms with E-state index in [-0.39, 0.29) is 12.2 Å². The Kier molecular flexibility index (Phi) is 4.45. The molecule has 0 N–H and O–H groups in total. The van der Waals surface area contributed by atoms with Gasteiger partial charge in [-0.25, -0.2) is 0 Å². The van der Waals surface area contributed by atoms with Crippen molar-refractivity contribution in [2.24, 2.45) is 0 Å². The molecule has 0 saturated heterocycles. The van der Waals surface area contributed by atoms with Crippen LogP contribution in [0.1, 0.15) is 27.7 Å². The molecule has 2 nitrogen and oxygen atoms in total. The second-order valence-electron chi connectivity index (χ2n) is 3.83. The molecule has 0 amide bonds. The molecular weight excluding hydrogens is 256 g/mol. The maximum absolute atomic E-state index is 5.58. The molecular formula is C12H16BrO2. The highest BCUT2D eigenvalue weighted by molar-refractivity contribution is 9.10. The van der Waals surface area contributed by atoms with Gasteiger partial charge in [-0.05, 0) is 55.8 Å². The first-order chi connectivity index (χ1) is 6.99. The number of hydrogen-bond donors (Lipinski definition) is 0. The molecule has 15 heavy (non-hydrogen) atoms. The molecule has 1 rings (SSSR count). The summed E-state index contributed by atoms with van der Waals surface area (Å²) in [4.78, 5) is 0. The minimum Gasteiger partial charge on any atom is -0.490 e. The molecule has 83 valence electrons. The van der Waals surface area contributed by atoms with Gasteiger partial charge in [-0.1, -0.05) is 0 Å². The zero-order valence-corrected chi connectivity index (χ0v) is 11.1. The lowest BCUT2D eigenvalue weighted by Crippen LogP contribution is -2.08. The largest absolute Gasteiger partial charge is 0.490 e. The van der Waals surface area contributed by atoms with E-state index in [1.165, 1.54) is 0 Å². The third-order valence-corrected chi connectivity index (χ3v) is 2.18. The summed E-state index contributed by atoms with van der Waals surface area (Å²) < 4.78 is 12.0. The lowest BCUT2D eigenvalue weighted by atomic mass is 10.3. The van der Waals surface area contributed by atoms with Crippen LogP contribution < -0.4 is 9.47 Å². The van der Waals surface area contributed by atoms with Crippen molar-refractivity contribution in [3.8, 4) is 11.5 Å². The van der Waals surface area contributed by atoms with E-state index in [1.807, 2.05) is 39.8 Å². The van der Waals surface area contributed by atoms with Gasteiger partial charge in [0.2, 0.25) is 0 Å². The van der Waals surface area contributed by atoms with E-state index < -0.39 is 0 Å². The Morgan fingerprint density at radius 3 is 2.20 bits per heavy atom. The van der Waals surface area contributed by atoms with Gasteiger partial charge in [0.1, 0.15) is 11.5 Å². The normalized spacial score (nSPS) is 10.9. The highest BCUT2D eigenvalue weighted by Crippen LogP contribution is 2.29. The van der Waals surface area contributed by atoms with Crippen LogP contribution in [0.4, 0.5) is 0 Å². The zero-order valence-electron chi connectivity index (χ0n) is 9.50. The molecule has 0 fully saturated rings.